The average molecular weight is 248 g/mol. The second-order valence-corrected chi connectivity index (χ2v) is 4.69. The molecule has 0 radical (unpaired) electrons. The normalized spacial score (nSPS) is 19.7. The summed E-state index contributed by atoms with van der Waals surface area (Å²) in [6.07, 6.45) is 5.17. The van der Waals surface area contributed by atoms with Gasteiger partial charge in [-0.15, -0.1) is 0 Å². The minimum Gasteiger partial charge on any atom is -0.373 e. The standard InChI is InChI=1S/C14H20N2O2/c17-14(13-5-1-2-8-16-13)11-18-9-6-12-4-3-7-15-10-12/h1-2,5,8,12,15H,3-4,6-7,9-11H2/t12-/m1/s1. The lowest BCUT2D eigenvalue weighted by Crippen LogP contribution is -2.30. The van der Waals surface area contributed by atoms with Crippen LogP contribution in [0.1, 0.15) is 29.8 Å². The number of hydrogen-bond acceptors (Lipinski definition) is 4. The van der Waals surface area contributed by atoms with Crippen LogP contribution in [-0.2, 0) is 4.74 Å². The van der Waals surface area contributed by atoms with Crippen LogP contribution >= 0.6 is 0 Å². The minimum atomic E-state index is -0.0441. The van der Waals surface area contributed by atoms with E-state index in [9.17, 15) is 4.79 Å². The topological polar surface area (TPSA) is 51.2 Å². The molecule has 1 N–H and O–H groups in total. The molecule has 1 saturated heterocycles. The van der Waals surface area contributed by atoms with Gasteiger partial charge in [-0.05, 0) is 50.4 Å². The third-order valence-electron chi connectivity index (χ3n) is 3.25. The Kier molecular flexibility index (Phi) is 5.30. The molecule has 0 amide bonds. The lowest BCUT2D eigenvalue weighted by molar-refractivity contribution is 0.0720. The molecule has 1 atom stereocenters. The Morgan fingerprint density at radius 1 is 1.50 bits per heavy atom. The van der Waals surface area contributed by atoms with Crippen LogP contribution in [0.2, 0.25) is 0 Å². The summed E-state index contributed by atoms with van der Waals surface area (Å²) in [4.78, 5) is 15.7. The van der Waals surface area contributed by atoms with Crippen LogP contribution in [0.3, 0.4) is 0 Å². The Bertz CT molecular complexity index is 361. The van der Waals surface area contributed by atoms with Crippen molar-refractivity contribution in [1.82, 2.24) is 10.3 Å². The largest absolute Gasteiger partial charge is 0.373 e. The van der Waals surface area contributed by atoms with Crippen molar-refractivity contribution in [3.05, 3.63) is 30.1 Å². The van der Waals surface area contributed by atoms with E-state index in [1.54, 1.807) is 18.3 Å². The number of carbonyl (C=O) groups is 1. The molecule has 1 aromatic rings. The van der Waals surface area contributed by atoms with E-state index in [1.165, 1.54) is 12.8 Å². The van der Waals surface area contributed by atoms with E-state index in [4.69, 9.17) is 4.74 Å². The highest BCUT2D eigenvalue weighted by Gasteiger charge is 2.13. The molecular weight excluding hydrogens is 228 g/mol. The Hall–Kier alpha value is -1.26. The lowest BCUT2D eigenvalue weighted by Gasteiger charge is -2.22. The number of hydrogen-bond donors (Lipinski definition) is 1. The highest BCUT2D eigenvalue weighted by Crippen LogP contribution is 2.13. The molecular formula is C14H20N2O2. The zero-order chi connectivity index (χ0) is 12.6. The van der Waals surface area contributed by atoms with Gasteiger partial charge in [0, 0.05) is 12.8 Å². The first-order chi connectivity index (χ1) is 8.86. The van der Waals surface area contributed by atoms with Crippen molar-refractivity contribution < 1.29 is 9.53 Å². The molecule has 0 bridgehead atoms. The van der Waals surface area contributed by atoms with Crippen LogP contribution in [0.15, 0.2) is 24.4 Å². The molecule has 2 heterocycles. The SMILES string of the molecule is O=C(COCC[C@H]1CCCNC1)c1ccccn1. The van der Waals surface area contributed by atoms with E-state index in [0.717, 1.165) is 19.5 Å². The molecule has 0 aliphatic carbocycles. The van der Waals surface area contributed by atoms with Crippen LogP contribution in [0.4, 0.5) is 0 Å². The fourth-order valence-corrected chi connectivity index (χ4v) is 2.19. The first-order valence-corrected chi connectivity index (χ1v) is 6.59. The van der Waals surface area contributed by atoms with Gasteiger partial charge in [-0.1, -0.05) is 6.07 Å². The van der Waals surface area contributed by atoms with E-state index in [0.29, 0.717) is 18.2 Å². The van der Waals surface area contributed by atoms with Gasteiger partial charge >= 0.3 is 0 Å². The Labute approximate surface area is 108 Å². The van der Waals surface area contributed by atoms with Crippen molar-refractivity contribution in [2.24, 2.45) is 5.92 Å². The maximum absolute atomic E-state index is 11.7. The van der Waals surface area contributed by atoms with Crippen molar-refractivity contribution >= 4 is 5.78 Å². The molecule has 0 spiro atoms. The summed E-state index contributed by atoms with van der Waals surface area (Å²) in [5.74, 6) is 0.654. The van der Waals surface area contributed by atoms with Crippen LogP contribution in [0, 0.1) is 5.92 Å². The van der Waals surface area contributed by atoms with E-state index < -0.39 is 0 Å². The Balaban J connectivity index is 1.62. The molecule has 1 fully saturated rings. The zero-order valence-electron chi connectivity index (χ0n) is 10.6. The molecule has 1 aliphatic rings. The van der Waals surface area contributed by atoms with Crippen molar-refractivity contribution in [2.45, 2.75) is 19.3 Å². The monoisotopic (exact) mass is 248 g/mol. The van der Waals surface area contributed by atoms with Gasteiger partial charge in [0.15, 0.2) is 0 Å². The molecule has 98 valence electrons. The molecule has 4 heteroatoms. The number of aromatic nitrogens is 1. The predicted octanol–water partition coefficient (Wildman–Crippen LogP) is 1.67. The summed E-state index contributed by atoms with van der Waals surface area (Å²) in [6, 6.07) is 5.33. The number of nitrogens with zero attached hydrogens (tertiary/aromatic N) is 1. The van der Waals surface area contributed by atoms with Crippen LogP contribution < -0.4 is 5.32 Å². The fraction of sp³-hybridized carbons (Fsp3) is 0.571. The number of nitrogens with one attached hydrogen (secondary N) is 1. The molecule has 1 aliphatic heterocycles. The molecule has 0 unspecified atom stereocenters. The minimum absolute atomic E-state index is 0.0441. The summed E-state index contributed by atoms with van der Waals surface area (Å²) in [7, 11) is 0. The number of Topliss-reactive ketones (excluding diaryl/α,β-unsaturated/α-hetero) is 1. The van der Waals surface area contributed by atoms with Gasteiger partial charge in [-0.2, -0.15) is 0 Å². The first-order valence-electron chi connectivity index (χ1n) is 6.59. The third-order valence-corrected chi connectivity index (χ3v) is 3.25. The van der Waals surface area contributed by atoms with Gasteiger partial charge in [-0.3, -0.25) is 9.78 Å². The van der Waals surface area contributed by atoms with Crippen molar-refractivity contribution in [1.29, 1.82) is 0 Å². The quantitative estimate of drug-likeness (QED) is 0.614. The summed E-state index contributed by atoms with van der Waals surface area (Å²) in [5, 5.41) is 3.38. The number of carbonyl (C=O) groups excluding carboxylic acids is 1. The van der Waals surface area contributed by atoms with Crippen LogP contribution in [-0.4, -0.2) is 37.1 Å². The highest BCUT2D eigenvalue weighted by molar-refractivity contribution is 5.95. The summed E-state index contributed by atoms with van der Waals surface area (Å²) < 4.78 is 5.44. The number of pyridine rings is 1. The Morgan fingerprint density at radius 2 is 2.44 bits per heavy atom. The van der Waals surface area contributed by atoms with E-state index >= 15 is 0 Å². The second-order valence-electron chi connectivity index (χ2n) is 4.69. The van der Waals surface area contributed by atoms with Crippen LogP contribution in [0.25, 0.3) is 0 Å². The number of ketones is 1. The van der Waals surface area contributed by atoms with Gasteiger partial charge < -0.3 is 10.1 Å². The lowest BCUT2D eigenvalue weighted by atomic mass is 9.97. The van der Waals surface area contributed by atoms with Gasteiger partial charge in [0.2, 0.25) is 5.78 Å². The number of piperidine rings is 1. The predicted molar refractivity (Wildman–Crippen MR) is 69.6 cm³/mol. The molecule has 2 rings (SSSR count). The number of rotatable bonds is 6. The zero-order valence-corrected chi connectivity index (χ0v) is 10.6. The number of ether oxygens (including phenoxy) is 1. The maximum atomic E-state index is 11.7. The first kappa shape index (κ1) is 13.2. The molecule has 0 aromatic carbocycles. The smallest absolute Gasteiger partial charge is 0.206 e. The Morgan fingerprint density at radius 3 is 3.17 bits per heavy atom. The molecule has 1 aromatic heterocycles. The molecule has 18 heavy (non-hydrogen) atoms. The van der Waals surface area contributed by atoms with Gasteiger partial charge in [0.05, 0.1) is 0 Å². The van der Waals surface area contributed by atoms with E-state index in [2.05, 4.69) is 10.3 Å². The van der Waals surface area contributed by atoms with Crippen molar-refractivity contribution in [3.8, 4) is 0 Å². The highest BCUT2D eigenvalue weighted by atomic mass is 16.5. The second kappa shape index (κ2) is 7.24. The molecule has 4 nitrogen and oxygen atoms in total. The summed E-state index contributed by atoms with van der Waals surface area (Å²) >= 11 is 0. The third kappa shape index (κ3) is 4.20. The van der Waals surface area contributed by atoms with E-state index in [1.807, 2.05) is 6.07 Å². The van der Waals surface area contributed by atoms with Crippen LogP contribution in [0.5, 0.6) is 0 Å². The van der Waals surface area contributed by atoms with Gasteiger partial charge in [-0.25, -0.2) is 0 Å². The van der Waals surface area contributed by atoms with E-state index in [-0.39, 0.29) is 12.4 Å². The van der Waals surface area contributed by atoms with Crippen molar-refractivity contribution in [2.75, 3.05) is 26.3 Å². The maximum Gasteiger partial charge on any atom is 0.206 e. The van der Waals surface area contributed by atoms with Gasteiger partial charge in [0.1, 0.15) is 12.3 Å². The average Bonchev–Trinajstić information content (AvgIpc) is 2.45. The fourth-order valence-electron chi connectivity index (χ4n) is 2.19. The van der Waals surface area contributed by atoms with Gasteiger partial charge in [0.25, 0.3) is 0 Å². The summed E-state index contributed by atoms with van der Waals surface area (Å²) in [6.45, 7) is 3.01. The summed E-state index contributed by atoms with van der Waals surface area (Å²) in [5.41, 5.74) is 0.483. The molecule has 0 saturated carbocycles. The van der Waals surface area contributed by atoms with Crippen molar-refractivity contribution in [3.63, 3.8) is 0 Å².